The lowest BCUT2D eigenvalue weighted by Gasteiger charge is -2.16. The summed E-state index contributed by atoms with van der Waals surface area (Å²) < 4.78 is 1.08. The van der Waals surface area contributed by atoms with Crippen LogP contribution in [0.2, 0.25) is 0 Å². The van der Waals surface area contributed by atoms with Crippen LogP contribution in [0.3, 0.4) is 0 Å². The van der Waals surface area contributed by atoms with Crippen molar-refractivity contribution >= 4 is 15.9 Å². The summed E-state index contributed by atoms with van der Waals surface area (Å²) in [6.45, 7) is 3.30. The van der Waals surface area contributed by atoms with E-state index in [0.717, 1.165) is 29.4 Å². The Bertz CT molecular complexity index is 350. The SMILES string of the molecule is CCNC(CCCc1cncc(Br)c1)C1CC1. The number of nitrogens with one attached hydrogen (secondary N) is 1. The van der Waals surface area contributed by atoms with Gasteiger partial charge in [0.05, 0.1) is 0 Å². The fourth-order valence-electron chi connectivity index (χ4n) is 2.38. The highest BCUT2D eigenvalue weighted by atomic mass is 79.9. The summed E-state index contributed by atoms with van der Waals surface area (Å²) in [5.41, 5.74) is 1.34. The molecule has 1 atom stereocenters. The predicted molar refractivity (Wildman–Crippen MR) is 75.1 cm³/mol. The molecule has 1 unspecified atom stereocenters. The van der Waals surface area contributed by atoms with Crippen molar-refractivity contribution in [1.82, 2.24) is 10.3 Å². The van der Waals surface area contributed by atoms with Gasteiger partial charge in [0.1, 0.15) is 0 Å². The van der Waals surface area contributed by atoms with Crippen molar-refractivity contribution in [3.8, 4) is 0 Å². The maximum absolute atomic E-state index is 4.20. The molecule has 0 spiro atoms. The molecule has 17 heavy (non-hydrogen) atoms. The molecule has 0 amide bonds. The first-order valence-electron chi connectivity index (χ1n) is 6.62. The molecule has 2 rings (SSSR count). The molecule has 3 heteroatoms. The van der Waals surface area contributed by atoms with E-state index in [1.54, 1.807) is 0 Å². The summed E-state index contributed by atoms with van der Waals surface area (Å²) in [6, 6.07) is 2.92. The van der Waals surface area contributed by atoms with Gasteiger partial charge in [0.2, 0.25) is 0 Å². The number of nitrogens with zero attached hydrogens (tertiary/aromatic N) is 1. The summed E-state index contributed by atoms with van der Waals surface area (Å²) in [6.07, 6.45) is 10.4. The highest BCUT2D eigenvalue weighted by Crippen LogP contribution is 2.34. The Balaban J connectivity index is 1.74. The molecular weight excluding hydrogens is 276 g/mol. The van der Waals surface area contributed by atoms with Crippen LogP contribution < -0.4 is 5.32 Å². The van der Waals surface area contributed by atoms with Gasteiger partial charge in [-0.1, -0.05) is 6.92 Å². The smallest absolute Gasteiger partial charge is 0.0410 e. The van der Waals surface area contributed by atoms with Crippen molar-refractivity contribution < 1.29 is 0 Å². The lowest BCUT2D eigenvalue weighted by atomic mass is 10.0. The van der Waals surface area contributed by atoms with Crippen LogP contribution in [0.1, 0.15) is 38.2 Å². The Morgan fingerprint density at radius 3 is 2.94 bits per heavy atom. The number of halogens is 1. The minimum atomic E-state index is 0.750. The third-order valence-corrected chi connectivity index (χ3v) is 3.83. The lowest BCUT2D eigenvalue weighted by Crippen LogP contribution is -2.30. The van der Waals surface area contributed by atoms with Crippen LogP contribution in [0.15, 0.2) is 22.9 Å². The normalized spacial score (nSPS) is 17.1. The molecule has 0 aliphatic heterocycles. The van der Waals surface area contributed by atoms with Gasteiger partial charge in [0.15, 0.2) is 0 Å². The zero-order valence-corrected chi connectivity index (χ0v) is 12.0. The van der Waals surface area contributed by atoms with Crippen molar-refractivity contribution in [2.75, 3.05) is 6.54 Å². The molecule has 1 N–H and O–H groups in total. The Morgan fingerprint density at radius 1 is 1.47 bits per heavy atom. The minimum Gasteiger partial charge on any atom is -0.314 e. The minimum absolute atomic E-state index is 0.750. The third kappa shape index (κ3) is 4.40. The number of hydrogen-bond acceptors (Lipinski definition) is 2. The fraction of sp³-hybridized carbons (Fsp3) is 0.643. The molecule has 1 fully saturated rings. The third-order valence-electron chi connectivity index (χ3n) is 3.40. The van der Waals surface area contributed by atoms with E-state index in [-0.39, 0.29) is 0 Å². The topological polar surface area (TPSA) is 24.9 Å². The van der Waals surface area contributed by atoms with Gasteiger partial charge in [-0.25, -0.2) is 0 Å². The van der Waals surface area contributed by atoms with Crippen LogP contribution in [0, 0.1) is 5.92 Å². The summed E-state index contributed by atoms with van der Waals surface area (Å²) in [4.78, 5) is 4.20. The largest absolute Gasteiger partial charge is 0.314 e. The Morgan fingerprint density at radius 2 is 2.29 bits per heavy atom. The van der Waals surface area contributed by atoms with Crippen molar-refractivity contribution in [2.24, 2.45) is 5.92 Å². The van der Waals surface area contributed by atoms with Crippen LogP contribution in [0.4, 0.5) is 0 Å². The summed E-state index contributed by atoms with van der Waals surface area (Å²) in [5.74, 6) is 0.954. The van der Waals surface area contributed by atoms with Crippen molar-refractivity contribution in [2.45, 2.75) is 45.1 Å². The number of aromatic nitrogens is 1. The van der Waals surface area contributed by atoms with Gasteiger partial charge in [-0.3, -0.25) is 4.98 Å². The highest BCUT2D eigenvalue weighted by Gasteiger charge is 2.29. The van der Waals surface area contributed by atoms with Gasteiger partial charge in [-0.2, -0.15) is 0 Å². The second kappa shape index (κ2) is 6.50. The van der Waals surface area contributed by atoms with Gasteiger partial charge in [-0.15, -0.1) is 0 Å². The van der Waals surface area contributed by atoms with Crippen molar-refractivity contribution in [1.29, 1.82) is 0 Å². The van der Waals surface area contributed by atoms with E-state index in [1.165, 1.54) is 31.2 Å². The monoisotopic (exact) mass is 296 g/mol. The fourth-order valence-corrected chi connectivity index (χ4v) is 2.80. The molecule has 1 aliphatic rings. The Hall–Kier alpha value is -0.410. The van der Waals surface area contributed by atoms with E-state index in [1.807, 2.05) is 12.4 Å². The molecular formula is C14H21BrN2. The summed E-state index contributed by atoms with van der Waals surface area (Å²) in [7, 11) is 0. The molecule has 94 valence electrons. The maximum atomic E-state index is 4.20. The number of aryl methyl sites for hydroxylation is 1. The van der Waals surface area contributed by atoms with Crippen LogP contribution in [-0.2, 0) is 6.42 Å². The quantitative estimate of drug-likeness (QED) is 0.832. The van der Waals surface area contributed by atoms with Crippen LogP contribution >= 0.6 is 15.9 Å². The molecule has 1 aliphatic carbocycles. The van der Waals surface area contributed by atoms with E-state index in [2.05, 4.69) is 39.2 Å². The number of hydrogen-bond donors (Lipinski definition) is 1. The molecule has 0 aromatic carbocycles. The van der Waals surface area contributed by atoms with E-state index < -0.39 is 0 Å². The van der Waals surface area contributed by atoms with E-state index in [9.17, 15) is 0 Å². The lowest BCUT2D eigenvalue weighted by molar-refractivity contribution is 0.434. The highest BCUT2D eigenvalue weighted by molar-refractivity contribution is 9.10. The van der Waals surface area contributed by atoms with E-state index in [0.29, 0.717) is 0 Å². The van der Waals surface area contributed by atoms with E-state index >= 15 is 0 Å². The first kappa shape index (κ1) is 13.0. The molecule has 1 aromatic heterocycles. The summed E-state index contributed by atoms with van der Waals surface area (Å²) >= 11 is 3.47. The van der Waals surface area contributed by atoms with Crippen molar-refractivity contribution in [3.05, 3.63) is 28.5 Å². The molecule has 1 saturated carbocycles. The average molecular weight is 297 g/mol. The van der Waals surface area contributed by atoms with Gasteiger partial charge < -0.3 is 5.32 Å². The second-order valence-corrected chi connectivity index (χ2v) is 5.82. The van der Waals surface area contributed by atoms with E-state index in [4.69, 9.17) is 0 Å². The Labute approximate surface area is 112 Å². The Kier molecular flexibility index (Phi) is 4.99. The van der Waals surface area contributed by atoms with Crippen LogP contribution in [0.5, 0.6) is 0 Å². The predicted octanol–water partition coefficient (Wildman–Crippen LogP) is 3.55. The average Bonchev–Trinajstić information content (AvgIpc) is 3.12. The molecule has 1 aromatic rings. The van der Waals surface area contributed by atoms with Gasteiger partial charge in [-0.05, 0) is 72.1 Å². The molecule has 0 saturated heterocycles. The zero-order chi connectivity index (χ0) is 12.1. The van der Waals surface area contributed by atoms with Gasteiger partial charge in [0.25, 0.3) is 0 Å². The first-order chi connectivity index (χ1) is 8.29. The first-order valence-corrected chi connectivity index (χ1v) is 7.41. The molecule has 1 heterocycles. The second-order valence-electron chi connectivity index (χ2n) is 4.91. The zero-order valence-electron chi connectivity index (χ0n) is 10.5. The van der Waals surface area contributed by atoms with Crippen molar-refractivity contribution in [3.63, 3.8) is 0 Å². The molecule has 0 radical (unpaired) electrons. The molecule has 0 bridgehead atoms. The van der Waals surface area contributed by atoms with Gasteiger partial charge in [0, 0.05) is 22.9 Å². The molecule has 2 nitrogen and oxygen atoms in total. The van der Waals surface area contributed by atoms with Gasteiger partial charge >= 0.3 is 0 Å². The standard InChI is InChI=1S/C14H21BrN2/c1-2-17-14(12-6-7-12)5-3-4-11-8-13(15)10-16-9-11/h8-10,12,14,17H,2-7H2,1H3. The maximum Gasteiger partial charge on any atom is 0.0410 e. The van der Waals surface area contributed by atoms with Crippen LogP contribution in [0.25, 0.3) is 0 Å². The summed E-state index contributed by atoms with van der Waals surface area (Å²) in [5, 5.41) is 3.62. The number of pyridine rings is 1. The number of rotatable bonds is 7. The van der Waals surface area contributed by atoms with Crippen LogP contribution in [-0.4, -0.2) is 17.6 Å².